The molecule has 2 amide bonds. The molecule has 0 bridgehead atoms. The lowest BCUT2D eigenvalue weighted by atomic mass is 10.1. The molecule has 0 heterocycles. The van der Waals surface area contributed by atoms with Crippen molar-refractivity contribution < 1.29 is 19.2 Å². The molecule has 0 aliphatic heterocycles. The molecule has 2 aromatic carbocycles. The minimum atomic E-state index is -0.582. The van der Waals surface area contributed by atoms with E-state index in [4.69, 9.17) is 4.74 Å². The van der Waals surface area contributed by atoms with E-state index in [1.807, 2.05) is 26.0 Å². The minimum absolute atomic E-state index is 0.0746. The number of ether oxygens (including phenoxy) is 1. The number of hydrazine groups is 1. The molecule has 0 radical (unpaired) electrons. The predicted octanol–water partition coefficient (Wildman–Crippen LogP) is 2.45. The first-order valence-electron chi connectivity index (χ1n) is 8.07. The van der Waals surface area contributed by atoms with Gasteiger partial charge in [0.1, 0.15) is 5.75 Å². The summed E-state index contributed by atoms with van der Waals surface area (Å²) in [7, 11) is 0. The van der Waals surface area contributed by atoms with E-state index >= 15 is 0 Å². The van der Waals surface area contributed by atoms with Gasteiger partial charge in [-0.15, -0.1) is 0 Å². The van der Waals surface area contributed by atoms with Crippen molar-refractivity contribution in [2.75, 3.05) is 6.61 Å². The molecule has 0 atom stereocenters. The van der Waals surface area contributed by atoms with E-state index in [1.165, 1.54) is 24.3 Å². The van der Waals surface area contributed by atoms with Gasteiger partial charge < -0.3 is 4.74 Å². The fourth-order valence-electron chi connectivity index (χ4n) is 2.15. The van der Waals surface area contributed by atoms with Crippen LogP contribution in [0.4, 0.5) is 5.69 Å². The molecule has 2 aromatic rings. The number of carbonyl (C=O) groups is 2. The summed E-state index contributed by atoms with van der Waals surface area (Å²) < 4.78 is 5.43. The van der Waals surface area contributed by atoms with Crippen LogP contribution in [-0.2, 0) is 9.59 Å². The van der Waals surface area contributed by atoms with Crippen molar-refractivity contribution in [2.45, 2.75) is 13.8 Å². The number of amides is 2. The summed E-state index contributed by atoms with van der Waals surface area (Å²) in [4.78, 5) is 33.7. The summed E-state index contributed by atoms with van der Waals surface area (Å²) >= 11 is 0. The van der Waals surface area contributed by atoms with E-state index in [-0.39, 0.29) is 12.3 Å². The number of nitrogens with one attached hydrogen (secondary N) is 2. The van der Waals surface area contributed by atoms with E-state index in [0.29, 0.717) is 11.3 Å². The molecule has 27 heavy (non-hydrogen) atoms. The van der Waals surface area contributed by atoms with Crippen molar-refractivity contribution in [3.63, 3.8) is 0 Å². The highest BCUT2D eigenvalue weighted by atomic mass is 16.6. The van der Waals surface area contributed by atoms with E-state index in [0.717, 1.165) is 17.2 Å². The average Bonchev–Trinajstić information content (AvgIpc) is 2.66. The molecule has 0 aliphatic carbocycles. The zero-order chi connectivity index (χ0) is 19.8. The second-order valence-electron chi connectivity index (χ2n) is 5.71. The minimum Gasteiger partial charge on any atom is -0.483 e. The number of benzene rings is 2. The van der Waals surface area contributed by atoms with Crippen LogP contribution in [0.15, 0.2) is 48.5 Å². The lowest BCUT2D eigenvalue weighted by Gasteiger charge is -2.11. The molecule has 0 unspecified atom stereocenters. The van der Waals surface area contributed by atoms with Crippen molar-refractivity contribution in [3.8, 4) is 5.75 Å². The Bertz CT molecular complexity index is 893. The number of nitrogens with zero attached hydrogens (tertiary/aromatic N) is 1. The molecule has 8 heteroatoms. The zero-order valence-electron chi connectivity index (χ0n) is 14.9. The number of hydrogen-bond acceptors (Lipinski definition) is 5. The maximum absolute atomic E-state index is 11.8. The van der Waals surface area contributed by atoms with Crippen LogP contribution < -0.4 is 15.6 Å². The molecule has 0 aliphatic rings. The van der Waals surface area contributed by atoms with Gasteiger partial charge >= 0.3 is 0 Å². The number of carbonyl (C=O) groups excluding carboxylic acids is 2. The Morgan fingerprint density at radius 3 is 2.63 bits per heavy atom. The molecule has 0 saturated heterocycles. The fourth-order valence-corrected chi connectivity index (χ4v) is 2.15. The van der Waals surface area contributed by atoms with Gasteiger partial charge in [-0.25, -0.2) is 0 Å². The first kappa shape index (κ1) is 19.6. The highest BCUT2D eigenvalue weighted by Crippen LogP contribution is 2.20. The number of non-ortho nitro benzene ring substituents is 1. The number of hydrogen-bond donors (Lipinski definition) is 2. The lowest BCUT2D eigenvalue weighted by molar-refractivity contribution is -0.384. The summed E-state index contributed by atoms with van der Waals surface area (Å²) in [6.45, 7) is 3.58. The van der Waals surface area contributed by atoms with Crippen molar-refractivity contribution in [1.82, 2.24) is 10.9 Å². The Hall–Kier alpha value is -3.68. The molecular formula is C19H19N3O5. The van der Waals surface area contributed by atoms with Crippen molar-refractivity contribution >= 4 is 23.6 Å². The first-order chi connectivity index (χ1) is 12.9. The third kappa shape index (κ3) is 5.96. The quantitative estimate of drug-likeness (QED) is 0.462. The van der Waals surface area contributed by atoms with Gasteiger partial charge in [0, 0.05) is 18.2 Å². The van der Waals surface area contributed by atoms with Gasteiger partial charge in [-0.1, -0.05) is 24.3 Å². The third-order valence-electron chi connectivity index (χ3n) is 3.75. The fraction of sp³-hybridized carbons (Fsp3) is 0.158. The van der Waals surface area contributed by atoms with Gasteiger partial charge in [0.15, 0.2) is 6.61 Å². The molecule has 0 aromatic heterocycles. The van der Waals surface area contributed by atoms with Crippen molar-refractivity contribution in [1.29, 1.82) is 0 Å². The van der Waals surface area contributed by atoms with Crippen LogP contribution in [0, 0.1) is 24.0 Å². The van der Waals surface area contributed by atoms with Gasteiger partial charge in [0.2, 0.25) is 0 Å². The molecule has 140 valence electrons. The molecule has 2 rings (SSSR count). The van der Waals surface area contributed by atoms with Crippen LogP contribution in [0.2, 0.25) is 0 Å². The highest BCUT2D eigenvalue weighted by molar-refractivity contribution is 5.93. The van der Waals surface area contributed by atoms with E-state index in [9.17, 15) is 19.7 Å². The van der Waals surface area contributed by atoms with Crippen LogP contribution in [-0.4, -0.2) is 23.3 Å². The maximum atomic E-state index is 11.8. The largest absolute Gasteiger partial charge is 0.483 e. The standard InChI is InChI=1S/C19H19N3O5/c1-13-5-3-8-17(14(13)2)27-12-19(24)21-20-18(23)10-9-15-6-4-7-16(11-15)22(25)26/h3-11H,12H2,1-2H3,(H,20,23)(H,21,24)/b10-9+. The number of aryl methyl sites for hydroxylation is 1. The monoisotopic (exact) mass is 369 g/mol. The van der Waals surface area contributed by atoms with E-state index in [1.54, 1.807) is 12.1 Å². The van der Waals surface area contributed by atoms with Gasteiger partial charge in [-0.2, -0.15) is 0 Å². The van der Waals surface area contributed by atoms with Crippen molar-refractivity contribution in [2.24, 2.45) is 0 Å². The number of nitro benzene ring substituents is 1. The molecule has 0 fully saturated rings. The lowest BCUT2D eigenvalue weighted by Crippen LogP contribution is -2.43. The second kappa shape index (κ2) is 9.14. The Balaban J connectivity index is 1.81. The van der Waals surface area contributed by atoms with Gasteiger partial charge in [-0.05, 0) is 42.7 Å². The molecular weight excluding hydrogens is 350 g/mol. The summed E-state index contributed by atoms with van der Waals surface area (Å²) in [6.07, 6.45) is 2.56. The van der Waals surface area contributed by atoms with Crippen molar-refractivity contribution in [3.05, 3.63) is 75.3 Å². The molecule has 0 saturated carbocycles. The summed E-state index contributed by atoms with van der Waals surface area (Å²) in [5.74, 6) is -0.503. The van der Waals surface area contributed by atoms with Crippen LogP contribution in [0.3, 0.4) is 0 Å². The number of nitro groups is 1. The summed E-state index contributed by atoms with van der Waals surface area (Å²) in [5, 5.41) is 10.7. The topological polar surface area (TPSA) is 111 Å². The highest BCUT2D eigenvalue weighted by Gasteiger charge is 2.07. The number of rotatable bonds is 6. The smallest absolute Gasteiger partial charge is 0.276 e. The molecule has 8 nitrogen and oxygen atoms in total. The average molecular weight is 369 g/mol. The summed E-state index contributed by atoms with van der Waals surface area (Å²) in [6, 6.07) is 11.4. The van der Waals surface area contributed by atoms with Crippen LogP contribution in [0.1, 0.15) is 16.7 Å². The SMILES string of the molecule is Cc1cccc(OCC(=O)NNC(=O)/C=C/c2cccc([N+](=O)[O-])c2)c1C. The first-order valence-corrected chi connectivity index (χ1v) is 8.07. The Kier molecular flexibility index (Phi) is 6.65. The Labute approximate surface area is 156 Å². The Morgan fingerprint density at radius 2 is 1.89 bits per heavy atom. The maximum Gasteiger partial charge on any atom is 0.276 e. The normalized spacial score (nSPS) is 10.4. The van der Waals surface area contributed by atoms with Crippen LogP contribution in [0.25, 0.3) is 6.08 Å². The van der Waals surface area contributed by atoms with Crippen LogP contribution >= 0.6 is 0 Å². The van der Waals surface area contributed by atoms with Crippen LogP contribution in [0.5, 0.6) is 5.75 Å². The summed E-state index contributed by atoms with van der Waals surface area (Å²) in [5.41, 5.74) is 6.85. The van der Waals surface area contributed by atoms with E-state index < -0.39 is 16.7 Å². The predicted molar refractivity (Wildman–Crippen MR) is 99.8 cm³/mol. The second-order valence-corrected chi connectivity index (χ2v) is 5.71. The van der Waals surface area contributed by atoms with Gasteiger partial charge in [-0.3, -0.25) is 30.6 Å². The Morgan fingerprint density at radius 1 is 1.15 bits per heavy atom. The van der Waals surface area contributed by atoms with E-state index in [2.05, 4.69) is 10.9 Å². The molecule has 2 N–H and O–H groups in total. The third-order valence-corrected chi connectivity index (χ3v) is 3.75. The van der Waals surface area contributed by atoms with Gasteiger partial charge in [0.05, 0.1) is 4.92 Å². The van der Waals surface area contributed by atoms with Gasteiger partial charge in [0.25, 0.3) is 17.5 Å². The molecule has 0 spiro atoms. The zero-order valence-corrected chi connectivity index (χ0v) is 14.9.